The summed E-state index contributed by atoms with van der Waals surface area (Å²) in [5, 5.41) is 10.7. The van der Waals surface area contributed by atoms with Crippen molar-refractivity contribution < 1.29 is 9.53 Å². The molecule has 19 heavy (non-hydrogen) atoms. The molecular weight excluding hydrogens is 246 g/mol. The molecule has 7 heteroatoms. The number of hydrogen-bond donors (Lipinski definition) is 2. The van der Waals surface area contributed by atoms with E-state index in [0.29, 0.717) is 5.69 Å². The van der Waals surface area contributed by atoms with Crippen LogP contribution >= 0.6 is 0 Å². The molecule has 0 aliphatic carbocycles. The van der Waals surface area contributed by atoms with Gasteiger partial charge in [0.15, 0.2) is 0 Å². The molecule has 0 spiro atoms. The van der Waals surface area contributed by atoms with Crippen molar-refractivity contribution in [3.63, 3.8) is 0 Å². The van der Waals surface area contributed by atoms with Crippen molar-refractivity contribution in [1.29, 1.82) is 0 Å². The van der Waals surface area contributed by atoms with Crippen LogP contribution in [0.15, 0.2) is 36.7 Å². The van der Waals surface area contributed by atoms with Gasteiger partial charge in [-0.25, -0.2) is 0 Å². The van der Waals surface area contributed by atoms with Crippen molar-refractivity contribution in [2.75, 3.05) is 19.0 Å². The van der Waals surface area contributed by atoms with Crippen molar-refractivity contribution in [3.05, 3.63) is 36.7 Å². The molecule has 0 radical (unpaired) electrons. The number of rotatable bonds is 5. The second kappa shape index (κ2) is 6.07. The molecule has 1 amide bonds. The minimum absolute atomic E-state index is 0.182. The number of methoxy groups -OCH3 is 1. The third-order valence-electron chi connectivity index (χ3n) is 2.47. The number of nitrogens with one attached hydrogen (secondary N) is 1. The zero-order chi connectivity index (χ0) is 13.7. The Balaban J connectivity index is 2.01. The number of nitrogens with zero attached hydrogens (tertiary/aromatic N) is 3. The maximum atomic E-state index is 11.7. The van der Waals surface area contributed by atoms with Crippen LogP contribution in [0, 0.1) is 0 Å². The van der Waals surface area contributed by atoms with Gasteiger partial charge in [-0.15, -0.1) is 0 Å². The summed E-state index contributed by atoms with van der Waals surface area (Å²) in [6, 6.07) is 6.44. The predicted molar refractivity (Wildman–Crippen MR) is 69.8 cm³/mol. The maximum absolute atomic E-state index is 11.7. The Morgan fingerprint density at radius 2 is 2.00 bits per heavy atom. The van der Waals surface area contributed by atoms with Crippen molar-refractivity contribution >= 4 is 11.6 Å². The fraction of sp³-hybridized carbons (Fsp3) is 0.250. The number of ether oxygens (including phenoxy) is 1. The fourth-order valence-electron chi connectivity index (χ4n) is 1.52. The van der Waals surface area contributed by atoms with E-state index in [1.54, 1.807) is 36.7 Å². The van der Waals surface area contributed by atoms with Crippen molar-refractivity contribution in [2.24, 2.45) is 5.73 Å². The summed E-state index contributed by atoms with van der Waals surface area (Å²) < 4.78 is 4.82. The van der Waals surface area contributed by atoms with Crippen LogP contribution in [0.1, 0.15) is 0 Å². The van der Waals surface area contributed by atoms with Crippen LogP contribution in [-0.4, -0.2) is 40.7 Å². The molecule has 1 aromatic carbocycles. The Bertz CT molecular complexity index is 524. The normalized spacial score (nSPS) is 12.1. The molecule has 1 heterocycles. The quantitative estimate of drug-likeness (QED) is 0.800. The van der Waals surface area contributed by atoms with Crippen LogP contribution in [-0.2, 0) is 9.53 Å². The van der Waals surface area contributed by atoms with Gasteiger partial charge in [0.2, 0.25) is 5.91 Å². The van der Waals surface area contributed by atoms with E-state index in [1.165, 1.54) is 11.9 Å². The topological polar surface area (TPSA) is 95.1 Å². The molecule has 0 aliphatic rings. The number of aromatic nitrogens is 3. The summed E-state index contributed by atoms with van der Waals surface area (Å²) in [6.07, 6.45) is 3.19. The average molecular weight is 261 g/mol. The van der Waals surface area contributed by atoms with E-state index in [9.17, 15) is 4.79 Å². The van der Waals surface area contributed by atoms with Gasteiger partial charge in [0, 0.05) is 12.8 Å². The van der Waals surface area contributed by atoms with Crippen LogP contribution < -0.4 is 11.1 Å². The number of carbonyl (C=O) groups excluding carboxylic acids is 1. The maximum Gasteiger partial charge on any atom is 0.243 e. The van der Waals surface area contributed by atoms with Gasteiger partial charge in [0.1, 0.15) is 6.04 Å². The van der Waals surface area contributed by atoms with E-state index in [-0.39, 0.29) is 12.5 Å². The lowest BCUT2D eigenvalue weighted by Gasteiger charge is -2.11. The molecule has 0 aliphatic heterocycles. The average Bonchev–Trinajstić information content (AvgIpc) is 2.94. The first kappa shape index (κ1) is 13.2. The number of hydrogen-bond acceptors (Lipinski definition) is 5. The molecule has 1 atom stereocenters. The van der Waals surface area contributed by atoms with Gasteiger partial charge in [0.05, 0.1) is 24.7 Å². The number of benzene rings is 1. The molecule has 1 unspecified atom stereocenters. The second-order valence-electron chi connectivity index (χ2n) is 3.92. The van der Waals surface area contributed by atoms with Crippen LogP contribution in [0.4, 0.5) is 5.69 Å². The molecule has 1 aromatic heterocycles. The highest BCUT2D eigenvalue weighted by Crippen LogP contribution is 2.11. The van der Waals surface area contributed by atoms with E-state index in [0.717, 1.165) is 5.69 Å². The highest BCUT2D eigenvalue weighted by molar-refractivity contribution is 5.94. The Hall–Kier alpha value is -2.25. The molecule has 100 valence electrons. The van der Waals surface area contributed by atoms with E-state index in [4.69, 9.17) is 10.5 Å². The van der Waals surface area contributed by atoms with Crippen LogP contribution in [0.25, 0.3) is 5.69 Å². The summed E-state index contributed by atoms with van der Waals surface area (Å²) in [6.45, 7) is 0.182. The minimum Gasteiger partial charge on any atom is -0.383 e. The van der Waals surface area contributed by atoms with E-state index in [2.05, 4.69) is 15.5 Å². The molecule has 0 saturated heterocycles. The smallest absolute Gasteiger partial charge is 0.243 e. The molecule has 0 saturated carbocycles. The molecule has 0 fully saturated rings. The summed E-state index contributed by atoms with van der Waals surface area (Å²) in [5.41, 5.74) is 7.09. The van der Waals surface area contributed by atoms with Crippen LogP contribution in [0.2, 0.25) is 0 Å². The third-order valence-corrected chi connectivity index (χ3v) is 2.47. The monoisotopic (exact) mass is 261 g/mol. The minimum atomic E-state index is -0.683. The summed E-state index contributed by atoms with van der Waals surface area (Å²) >= 11 is 0. The van der Waals surface area contributed by atoms with Gasteiger partial charge < -0.3 is 15.8 Å². The lowest BCUT2D eigenvalue weighted by atomic mass is 10.2. The van der Waals surface area contributed by atoms with Gasteiger partial charge in [-0.1, -0.05) is 0 Å². The lowest BCUT2D eigenvalue weighted by Crippen LogP contribution is -2.39. The molecular formula is C12H15N5O2. The van der Waals surface area contributed by atoms with Crippen molar-refractivity contribution in [3.8, 4) is 5.69 Å². The second-order valence-corrected chi connectivity index (χ2v) is 3.92. The number of amides is 1. The Morgan fingerprint density at radius 1 is 1.37 bits per heavy atom. The summed E-state index contributed by atoms with van der Waals surface area (Å²) in [7, 11) is 1.50. The van der Waals surface area contributed by atoms with Crippen molar-refractivity contribution in [1.82, 2.24) is 15.0 Å². The van der Waals surface area contributed by atoms with E-state index < -0.39 is 6.04 Å². The largest absolute Gasteiger partial charge is 0.383 e. The number of nitrogens with two attached hydrogens (primary N) is 1. The fourth-order valence-corrected chi connectivity index (χ4v) is 1.52. The van der Waals surface area contributed by atoms with Gasteiger partial charge in [-0.05, 0) is 24.3 Å². The summed E-state index contributed by atoms with van der Waals surface area (Å²) in [4.78, 5) is 13.2. The predicted octanol–water partition coefficient (Wildman–Crippen LogP) is 0.179. The Morgan fingerprint density at radius 3 is 2.58 bits per heavy atom. The lowest BCUT2D eigenvalue weighted by molar-refractivity contribution is -0.118. The highest BCUT2D eigenvalue weighted by Gasteiger charge is 2.12. The molecule has 7 nitrogen and oxygen atoms in total. The van der Waals surface area contributed by atoms with Gasteiger partial charge in [0.25, 0.3) is 0 Å². The molecule has 0 bridgehead atoms. The highest BCUT2D eigenvalue weighted by atomic mass is 16.5. The Kier molecular flexibility index (Phi) is 4.22. The van der Waals surface area contributed by atoms with E-state index >= 15 is 0 Å². The first-order valence-corrected chi connectivity index (χ1v) is 5.73. The van der Waals surface area contributed by atoms with Crippen molar-refractivity contribution in [2.45, 2.75) is 6.04 Å². The van der Waals surface area contributed by atoms with E-state index in [1.807, 2.05) is 0 Å². The Labute approximate surface area is 110 Å². The molecule has 2 rings (SSSR count). The van der Waals surface area contributed by atoms with Gasteiger partial charge in [-0.3, -0.25) is 4.79 Å². The summed E-state index contributed by atoms with van der Waals surface area (Å²) in [5.74, 6) is -0.285. The molecule has 2 aromatic rings. The van der Waals surface area contributed by atoms with Gasteiger partial charge in [-0.2, -0.15) is 15.0 Å². The number of anilines is 1. The first-order chi connectivity index (χ1) is 9.20. The van der Waals surface area contributed by atoms with Crippen LogP contribution in [0.5, 0.6) is 0 Å². The zero-order valence-corrected chi connectivity index (χ0v) is 10.5. The molecule has 3 N–H and O–H groups in total. The zero-order valence-electron chi connectivity index (χ0n) is 10.5. The number of carbonyl (C=O) groups is 1. The van der Waals surface area contributed by atoms with Gasteiger partial charge >= 0.3 is 0 Å². The first-order valence-electron chi connectivity index (χ1n) is 5.73. The van der Waals surface area contributed by atoms with Crippen LogP contribution in [0.3, 0.4) is 0 Å². The SMILES string of the molecule is COCC(N)C(=O)Nc1ccc(-n2nccn2)cc1. The standard InChI is InChI=1S/C12H15N5O2/c1-19-8-11(13)12(18)16-9-2-4-10(5-3-9)17-14-6-7-15-17/h2-7,11H,8,13H2,1H3,(H,16,18). The third kappa shape index (κ3) is 3.36.